The fraction of sp³-hybridized carbons (Fsp3) is 0.429. The van der Waals surface area contributed by atoms with E-state index < -0.39 is 11.0 Å². The molecule has 0 saturated heterocycles. The number of rotatable bonds is 3. The van der Waals surface area contributed by atoms with Crippen LogP contribution in [0, 0.1) is 5.41 Å². The molecule has 1 aromatic heterocycles. The summed E-state index contributed by atoms with van der Waals surface area (Å²) in [5.74, 6) is 0. The number of hydrogen-bond acceptors (Lipinski definition) is 4. The summed E-state index contributed by atoms with van der Waals surface area (Å²) in [7, 11) is 0. The second kappa shape index (κ2) is 4.75. The van der Waals surface area contributed by atoms with E-state index in [0.717, 1.165) is 5.69 Å². The van der Waals surface area contributed by atoms with Crippen LogP contribution >= 0.6 is 0 Å². The lowest BCUT2D eigenvalue weighted by Crippen LogP contribution is -2.47. The van der Waals surface area contributed by atoms with Gasteiger partial charge in [-0.1, -0.05) is 44.2 Å². The van der Waals surface area contributed by atoms with E-state index in [9.17, 15) is 5.11 Å². The van der Waals surface area contributed by atoms with Crippen LogP contribution < -0.4 is 5.73 Å². The quantitative estimate of drug-likeness (QED) is 0.876. The number of para-hydroxylation sites is 1. The van der Waals surface area contributed by atoms with Crippen molar-refractivity contribution >= 4 is 0 Å². The van der Waals surface area contributed by atoms with Gasteiger partial charge in [-0.2, -0.15) is 0 Å². The Morgan fingerprint density at radius 1 is 1.21 bits per heavy atom. The first-order valence-electron chi connectivity index (χ1n) is 6.29. The largest absolute Gasteiger partial charge is 0.382 e. The summed E-state index contributed by atoms with van der Waals surface area (Å²) in [6.45, 7) is 5.95. The molecule has 5 heteroatoms. The number of aromatic nitrogens is 3. The third kappa shape index (κ3) is 2.27. The average molecular weight is 260 g/mol. The van der Waals surface area contributed by atoms with Gasteiger partial charge < -0.3 is 10.8 Å². The van der Waals surface area contributed by atoms with Crippen LogP contribution in [0.25, 0.3) is 5.69 Å². The molecule has 0 bridgehead atoms. The van der Waals surface area contributed by atoms with Gasteiger partial charge in [-0.05, 0) is 17.5 Å². The SMILES string of the molecule is CC(C)(C)C(O)(CN)c1cnnn1-c1ccccc1. The standard InChI is InChI=1S/C14H20N4O/c1-13(2,3)14(19,10-15)12-9-16-17-18(12)11-7-5-4-6-8-11/h4-9,19H,10,15H2,1-3H3. The van der Waals surface area contributed by atoms with E-state index in [2.05, 4.69) is 10.3 Å². The monoisotopic (exact) mass is 260 g/mol. The van der Waals surface area contributed by atoms with Crippen LogP contribution in [-0.4, -0.2) is 26.6 Å². The second-order valence-electron chi connectivity index (χ2n) is 5.68. The Labute approximate surface area is 113 Å². The predicted octanol–water partition coefficient (Wildman–Crippen LogP) is 1.46. The Bertz CT molecular complexity index is 544. The Morgan fingerprint density at radius 2 is 1.84 bits per heavy atom. The molecule has 0 saturated carbocycles. The van der Waals surface area contributed by atoms with Crippen molar-refractivity contribution in [1.82, 2.24) is 15.0 Å². The first-order chi connectivity index (χ1) is 8.90. The van der Waals surface area contributed by atoms with Crippen LogP contribution in [0.4, 0.5) is 0 Å². The highest BCUT2D eigenvalue weighted by Gasteiger charge is 2.43. The normalized spacial score (nSPS) is 15.2. The van der Waals surface area contributed by atoms with Gasteiger partial charge in [0.25, 0.3) is 0 Å². The zero-order chi connectivity index (χ0) is 14.1. The number of aliphatic hydroxyl groups is 1. The van der Waals surface area contributed by atoms with Gasteiger partial charge in [0, 0.05) is 6.54 Å². The predicted molar refractivity (Wildman–Crippen MR) is 73.8 cm³/mol. The van der Waals surface area contributed by atoms with Crippen LogP contribution in [0.3, 0.4) is 0 Å². The van der Waals surface area contributed by atoms with Gasteiger partial charge in [-0.25, -0.2) is 4.68 Å². The average Bonchev–Trinajstić information content (AvgIpc) is 2.87. The summed E-state index contributed by atoms with van der Waals surface area (Å²) in [4.78, 5) is 0. The van der Waals surface area contributed by atoms with Crippen molar-refractivity contribution in [2.24, 2.45) is 11.1 Å². The number of hydrogen-bond donors (Lipinski definition) is 2. The van der Waals surface area contributed by atoms with E-state index >= 15 is 0 Å². The van der Waals surface area contributed by atoms with Crippen LogP contribution in [0.5, 0.6) is 0 Å². The third-order valence-corrected chi connectivity index (χ3v) is 3.51. The molecule has 5 nitrogen and oxygen atoms in total. The molecule has 1 heterocycles. The van der Waals surface area contributed by atoms with Gasteiger partial charge in [0.2, 0.25) is 0 Å². The Hall–Kier alpha value is -1.72. The van der Waals surface area contributed by atoms with E-state index in [4.69, 9.17) is 5.73 Å². The maximum Gasteiger partial charge on any atom is 0.125 e. The van der Waals surface area contributed by atoms with Crippen LogP contribution in [0.1, 0.15) is 26.5 Å². The van der Waals surface area contributed by atoms with Crippen LogP contribution in [0.2, 0.25) is 0 Å². The molecule has 0 spiro atoms. The number of nitrogens with zero attached hydrogens (tertiary/aromatic N) is 3. The van der Waals surface area contributed by atoms with Crippen molar-refractivity contribution in [2.45, 2.75) is 26.4 Å². The summed E-state index contributed by atoms with van der Waals surface area (Å²) >= 11 is 0. The molecular weight excluding hydrogens is 240 g/mol. The van der Waals surface area contributed by atoms with Gasteiger partial charge in [0.05, 0.1) is 17.6 Å². The third-order valence-electron chi connectivity index (χ3n) is 3.51. The molecule has 0 aliphatic heterocycles. The maximum atomic E-state index is 10.9. The Balaban J connectivity index is 2.56. The number of benzene rings is 1. The molecule has 2 rings (SSSR count). The molecule has 1 aromatic carbocycles. The molecule has 0 fully saturated rings. The van der Waals surface area contributed by atoms with Crippen molar-refractivity contribution in [1.29, 1.82) is 0 Å². The molecule has 0 aliphatic rings. The number of nitrogens with two attached hydrogens (primary N) is 1. The smallest absolute Gasteiger partial charge is 0.125 e. The van der Waals surface area contributed by atoms with Crippen LogP contribution in [0.15, 0.2) is 36.5 Å². The lowest BCUT2D eigenvalue weighted by molar-refractivity contribution is -0.0611. The lowest BCUT2D eigenvalue weighted by atomic mass is 9.74. The summed E-state index contributed by atoms with van der Waals surface area (Å²) in [6.07, 6.45) is 1.57. The van der Waals surface area contributed by atoms with Crippen molar-refractivity contribution < 1.29 is 5.11 Å². The minimum atomic E-state index is -1.19. The fourth-order valence-electron chi connectivity index (χ4n) is 2.07. The Kier molecular flexibility index (Phi) is 3.43. The molecule has 0 radical (unpaired) electrons. The van der Waals surface area contributed by atoms with E-state index in [1.54, 1.807) is 10.9 Å². The summed E-state index contributed by atoms with van der Waals surface area (Å²) < 4.78 is 1.64. The zero-order valence-electron chi connectivity index (χ0n) is 11.5. The van der Waals surface area contributed by atoms with E-state index in [1.807, 2.05) is 51.1 Å². The Morgan fingerprint density at radius 3 is 2.37 bits per heavy atom. The summed E-state index contributed by atoms with van der Waals surface area (Å²) in [6, 6.07) is 9.59. The van der Waals surface area contributed by atoms with Gasteiger partial charge in [-0.3, -0.25) is 0 Å². The van der Waals surface area contributed by atoms with Crippen molar-refractivity contribution in [3.05, 3.63) is 42.2 Å². The van der Waals surface area contributed by atoms with Gasteiger partial charge in [0.15, 0.2) is 0 Å². The van der Waals surface area contributed by atoms with Gasteiger partial charge in [-0.15, -0.1) is 5.10 Å². The first kappa shape index (κ1) is 13.7. The molecule has 3 N–H and O–H groups in total. The van der Waals surface area contributed by atoms with Crippen molar-refractivity contribution in [2.75, 3.05) is 6.54 Å². The molecule has 1 unspecified atom stereocenters. The molecular formula is C14H20N4O. The van der Waals surface area contributed by atoms with E-state index in [1.165, 1.54) is 0 Å². The highest BCUT2D eigenvalue weighted by atomic mass is 16.3. The summed E-state index contributed by atoms with van der Waals surface area (Å²) in [5.41, 5.74) is 5.66. The second-order valence-corrected chi connectivity index (χ2v) is 5.68. The van der Waals surface area contributed by atoms with Gasteiger partial charge >= 0.3 is 0 Å². The highest BCUT2D eigenvalue weighted by Crippen LogP contribution is 2.38. The molecule has 102 valence electrons. The molecule has 19 heavy (non-hydrogen) atoms. The molecule has 0 amide bonds. The maximum absolute atomic E-state index is 10.9. The van der Waals surface area contributed by atoms with E-state index in [0.29, 0.717) is 5.69 Å². The lowest BCUT2D eigenvalue weighted by Gasteiger charge is -2.39. The highest BCUT2D eigenvalue weighted by molar-refractivity contribution is 5.33. The van der Waals surface area contributed by atoms with Crippen molar-refractivity contribution in [3.63, 3.8) is 0 Å². The summed E-state index contributed by atoms with van der Waals surface area (Å²) in [5, 5.41) is 18.9. The minimum absolute atomic E-state index is 0.108. The van der Waals surface area contributed by atoms with Gasteiger partial charge in [0.1, 0.15) is 5.60 Å². The fourth-order valence-corrected chi connectivity index (χ4v) is 2.07. The molecule has 1 atom stereocenters. The van der Waals surface area contributed by atoms with Crippen LogP contribution in [-0.2, 0) is 5.60 Å². The van der Waals surface area contributed by atoms with E-state index in [-0.39, 0.29) is 6.54 Å². The topological polar surface area (TPSA) is 77.0 Å². The molecule has 0 aliphatic carbocycles. The zero-order valence-corrected chi connectivity index (χ0v) is 11.5. The first-order valence-corrected chi connectivity index (χ1v) is 6.29. The van der Waals surface area contributed by atoms with Crippen molar-refractivity contribution in [3.8, 4) is 5.69 Å². The minimum Gasteiger partial charge on any atom is -0.382 e. The molecule has 2 aromatic rings.